The Hall–Kier alpha value is -1.34. The molecule has 26 heavy (non-hydrogen) atoms. The molecule has 3 N–H and O–H groups in total. The van der Waals surface area contributed by atoms with E-state index in [0.29, 0.717) is 13.0 Å². The SMILES string of the molecule is CN=C(NCCC(=O)NC(C)C)NCC1(N2CCOCC2)CCCCC1. The lowest BCUT2D eigenvalue weighted by atomic mass is 9.80. The molecule has 150 valence electrons. The fourth-order valence-corrected chi connectivity index (χ4v) is 4.01. The Morgan fingerprint density at radius 2 is 1.85 bits per heavy atom. The number of carbonyl (C=O) groups excluding carboxylic acids is 1. The van der Waals surface area contributed by atoms with E-state index in [1.807, 2.05) is 13.8 Å². The zero-order valence-electron chi connectivity index (χ0n) is 16.8. The zero-order chi connectivity index (χ0) is 18.8. The lowest BCUT2D eigenvalue weighted by molar-refractivity contribution is -0.121. The van der Waals surface area contributed by atoms with Gasteiger partial charge in [0.2, 0.25) is 5.91 Å². The van der Waals surface area contributed by atoms with Gasteiger partial charge in [-0.3, -0.25) is 14.7 Å². The summed E-state index contributed by atoms with van der Waals surface area (Å²) >= 11 is 0. The molecule has 2 fully saturated rings. The fourth-order valence-electron chi connectivity index (χ4n) is 4.01. The summed E-state index contributed by atoms with van der Waals surface area (Å²) in [5.74, 6) is 0.848. The molecule has 0 aromatic rings. The predicted octanol–water partition coefficient (Wildman–Crippen LogP) is 1.10. The molecule has 1 saturated heterocycles. The third-order valence-electron chi connectivity index (χ3n) is 5.37. The predicted molar refractivity (Wildman–Crippen MR) is 105 cm³/mol. The van der Waals surface area contributed by atoms with E-state index in [4.69, 9.17) is 4.74 Å². The Kier molecular flexibility index (Phi) is 8.65. The number of hydrogen-bond acceptors (Lipinski definition) is 4. The Labute approximate surface area is 158 Å². The molecular weight excluding hydrogens is 330 g/mol. The summed E-state index contributed by atoms with van der Waals surface area (Å²) in [6.45, 7) is 9.13. The number of carbonyl (C=O) groups is 1. The molecule has 1 aliphatic heterocycles. The van der Waals surface area contributed by atoms with Crippen LogP contribution in [-0.2, 0) is 9.53 Å². The first-order chi connectivity index (χ1) is 12.6. The van der Waals surface area contributed by atoms with Crippen molar-refractivity contribution in [3.63, 3.8) is 0 Å². The molecule has 0 aromatic carbocycles. The number of rotatable bonds is 7. The van der Waals surface area contributed by atoms with Crippen LogP contribution in [0.15, 0.2) is 4.99 Å². The summed E-state index contributed by atoms with van der Waals surface area (Å²) in [6, 6.07) is 0.180. The van der Waals surface area contributed by atoms with Crippen molar-refractivity contribution >= 4 is 11.9 Å². The minimum atomic E-state index is 0.0695. The summed E-state index contributed by atoms with van der Waals surface area (Å²) in [5, 5.41) is 9.69. The summed E-state index contributed by atoms with van der Waals surface area (Å²) in [6.07, 6.45) is 6.83. The third-order valence-corrected chi connectivity index (χ3v) is 5.37. The minimum absolute atomic E-state index is 0.0695. The summed E-state index contributed by atoms with van der Waals surface area (Å²) in [4.78, 5) is 18.7. The highest BCUT2D eigenvalue weighted by Gasteiger charge is 2.38. The number of amides is 1. The first kappa shape index (κ1) is 21.0. The Bertz CT molecular complexity index is 455. The molecule has 0 spiro atoms. The molecule has 0 aromatic heterocycles. The van der Waals surface area contributed by atoms with Crippen LogP contribution in [0, 0.1) is 0 Å². The number of hydrogen-bond donors (Lipinski definition) is 3. The molecule has 7 nitrogen and oxygen atoms in total. The van der Waals surface area contributed by atoms with E-state index in [2.05, 4.69) is 25.8 Å². The molecule has 1 heterocycles. The van der Waals surface area contributed by atoms with E-state index in [1.54, 1.807) is 7.05 Å². The molecular formula is C19H37N5O2. The summed E-state index contributed by atoms with van der Waals surface area (Å²) < 4.78 is 5.55. The van der Waals surface area contributed by atoms with Gasteiger partial charge in [0, 0.05) is 51.2 Å². The van der Waals surface area contributed by atoms with Gasteiger partial charge in [-0.25, -0.2) is 0 Å². The minimum Gasteiger partial charge on any atom is -0.379 e. The topological polar surface area (TPSA) is 78.0 Å². The molecule has 0 atom stereocenters. The number of nitrogens with zero attached hydrogens (tertiary/aromatic N) is 2. The molecule has 0 bridgehead atoms. The summed E-state index contributed by atoms with van der Waals surface area (Å²) in [5.41, 5.74) is 0.203. The van der Waals surface area contributed by atoms with Gasteiger partial charge < -0.3 is 20.7 Å². The van der Waals surface area contributed by atoms with Crippen molar-refractivity contribution in [2.24, 2.45) is 4.99 Å². The first-order valence-corrected chi connectivity index (χ1v) is 10.1. The molecule has 0 unspecified atom stereocenters. The normalized spacial score (nSPS) is 21.5. The molecule has 2 rings (SSSR count). The van der Waals surface area contributed by atoms with Crippen LogP contribution in [0.1, 0.15) is 52.4 Å². The monoisotopic (exact) mass is 367 g/mol. The van der Waals surface area contributed by atoms with Crippen LogP contribution in [-0.4, -0.2) is 74.8 Å². The molecule has 1 aliphatic carbocycles. The molecule has 0 radical (unpaired) electrons. The number of morpholine rings is 1. The maximum Gasteiger partial charge on any atom is 0.221 e. The summed E-state index contributed by atoms with van der Waals surface area (Å²) in [7, 11) is 1.78. The average Bonchev–Trinajstić information content (AvgIpc) is 2.65. The largest absolute Gasteiger partial charge is 0.379 e. The standard InChI is InChI=1S/C19H37N5O2/c1-16(2)23-17(25)7-10-21-18(20-3)22-15-19(8-5-4-6-9-19)24-11-13-26-14-12-24/h16H,4-15H2,1-3H3,(H,23,25)(H2,20,21,22). The Morgan fingerprint density at radius 3 is 2.46 bits per heavy atom. The fraction of sp³-hybridized carbons (Fsp3) is 0.895. The third kappa shape index (κ3) is 6.43. The van der Waals surface area contributed by atoms with Crippen molar-refractivity contribution in [2.75, 3.05) is 46.4 Å². The quantitative estimate of drug-likeness (QED) is 0.464. The van der Waals surface area contributed by atoms with Crippen molar-refractivity contribution in [3.05, 3.63) is 0 Å². The van der Waals surface area contributed by atoms with Gasteiger partial charge >= 0.3 is 0 Å². The van der Waals surface area contributed by atoms with Gasteiger partial charge in [0.15, 0.2) is 5.96 Å². The molecule has 7 heteroatoms. The van der Waals surface area contributed by atoms with Crippen molar-refractivity contribution < 1.29 is 9.53 Å². The van der Waals surface area contributed by atoms with Crippen LogP contribution in [0.5, 0.6) is 0 Å². The van der Waals surface area contributed by atoms with Crippen LogP contribution in [0.4, 0.5) is 0 Å². The highest BCUT2D eigenvalue weighted by atomic mass is 16.5. The lowest BCUT2D eigenvalue weighted by Gasteiger charge is -2.48. The van der Waals surface area contributed by atoms with Gasteiger partial charge in [-0.1, -0.05) is 19.3 Å². The van der Waals surface area contributed by atoms with Gasteiger partial charge in [-0.15, -0.1) is 0 Å². The highest BCUT2D eigenvalue weighted by Crippen LogP contribution is 2.33. The van der Waals surface area contributed by atoms with Crippen LogP contribution >= 0.6 is 0 Å². The average molecular weight is 368 g/mol. The molecule has 2 aliphatic rings. The van der Waals surface area contributed by atoms with Crippen molar-refractivity contribution in [2.45, 2.75) is 64.0 Å². The second-order valence-corrected chi connectivity index (χ2v) is 7.71. The van der Waals surface area contributed by atoms with E-state index in [9.17, 15) is 4.79 Å². The molecule has 1 saturated carbocycles. The van der Waals surface area contributed by atoms with Gasteiger partial charge in [-0.2, -0.15) is 0 Å². The Morgan fingerprint density at radius 1 is 1.15 bits per heavy atom. The van der Waals surface area contributed by atoms with E-state index in [1.165, 1.54) is 32.1 Å². The van der Waals surface area contributed by atoms with Crippen LogP contribution in [0.25, 0.3) is 0 Å². The van der Waals surface area contributed by atoms with Crippen molar-refractivity contribution in [3.8, 4) is 0 Å². The Balaban J connectivity index is 1.82. The van der Waals surface area contributed by atoms with Gasteiger partial charge in [0.25, 0.3) is 0 Å². The highest BCUT2D eigenvalue weighted by molar-refractivity contribution is 5.81. The van der Waals surface area contributed by atoms with Crippen molar-refractivity contribution in [1.82, 2.24) is 20.9 Å². The van der Waals surface area contributed by atoms with E-state index in [0.717, 1.165) is 38.8 Å². The maximum atomic E-state index is 11.8. The van der Waals surface area contributed by atoms with Crippen LogP contribution in [0.3, 0.4) is 0 Å². The van der Waals surface area contributed by atoms with Crippen LogP contribution in [0.2, 0.25) is 0 Å². The number of guanidine groups is 1. The first-order valence-electron chi connectivity index (χ1n) is 10.1. The van der Waals surface area contributed by atoms with E-state index >= 15 is 0 Å². The van der Waals surface area contributed by atoms with E-state index < -0.39 is 0 Å². The number of ether oxygens (including phenoxy) is 1. The van der Waals surface area contributed by atoms with Gasteiger partial charge in [0.1, 0.15) is 0 Å². The van der Waals surface area contributed by atoms with Gasteiger partial charge in [0.05, 0.1) is 13.2 Å². The zero-order valence-corrected chi connectivity index (χ0v) is 16.8. The second-order valence-electron chi connectivity index (χ2n) is 7.71. The second kappa shape index (κ2) is 10.7. The van der Waals surface area contributed by atoms with Gasteiger partial charge in [-0.05, 0) is 26.7 Å². The van der Waals surface area contributed by atoms with Crippen LogP contribution < -0.4 is 16.0 Å². The molecule has 1 amide bonds. The smallest absolute Gasteiger partial charge is 0.221 e. The number of aliphatic imine (C=N–C) groups is 1. The number of nitrogens with one attached hydrogen (secondary N) is 3. The lowest BCUT2D eigenvalue weighted by Crippen LogP contribution is -2.60. The maximum absolute atomic E-state index is 11.8. The van der Waals surface area contributed by atoms with E-state index in [-0.39, 0.29) is 17.5 Å². The van der Waals surface area contributed by atoms with Crippen molar-refractivity contribution in [1.29, 1.82) is 0 Å².